The molecule has 0 atom stereocenters. The van der Waals surface area contributed by atoms with Crippen LogP contribution in [0.3, 0.4) is 0 Å². The maximum Gasteiger partial charge on any atom is 0.314 e. The predicted molar refractivity (Wildman–Crippen MR) is 78.7 cm³/mol. The normalized spacial score (nSPS) is 29.9. The van der Waals surface area contributed by atoms with Crippen LogP contribution < -0.4 is 5.32 Å². The maximum absolute atomic E-state index is 12.7. The van der Waals surface area contributed by atoms with Crippen LogP contribution in [0.1, 0.15) is 55.4 Å². The molecule has 0 saturated carbocycles. The van der Waals surface area contributed by atoms with E-state index in [1.165, 1.54) is 0 Å². The van der Waals surface area contributed by atoms with Crippen LogP contribution in [0, 0.1) is 5.21 Å². The molecule has 5 heteroatoms. The molecule has 0 aromatic carbocycles. The van der Waals surface area contributed by atoms with Gasteiger partial charge in [-0.25, -0.2) is 0 Å². The van der Waals surface area contributed by atoms with Crippen molar-refractivity contribution in [3.63, 3.8) is 0 Å². The second kappa shape index (κ2) is 3.77. The number of hydroxylamine groups is 3. The van der Waals surface area contributed by atoms with E-state index in [0.29, 0.717) is 0 Å². The van der Waals surface area contributed by atoms with Gasteiger partial charge in [-0.2, -0.15) is 0 Å². The van der Waals surface area contributed by atoms with Crippen LogP contribution in [0.2, 0.25) is 0 Å². The Kier molecular flexibility index (Phi) is 2.89. The second-order valence-electron chi connectivity index (χ2n) is 8.06. The average molecular weight is 280 g/mol. The molecule has 0 aromatic rings. The molecule has 2 rings (SSSR count). The number of amidine groups is 1. The van der Waals surface area contributed by atoms with Gasteiger partial charge < -0.3 is 5.21 Å². The lowest BCUT2D eigenvalue weighted by atomic mass is 9.84. The summed E-state index contributed by atoms with van der Waals surface area (Å²) in [6.07, 6.45) is 2.00. The Bertz CT molecular complexity index is 513. The third kappa shape index (κ3) is 1.79. The Hall–Kier alpha value is -1.07. The molecule has 0 aliphatic carbocycles. The van der Waals surface area contributed by atoms with Crippen molar-refractivity contribution in [2.24, 2.45) is 0 Å². The Morgan fingerprint density at radius 3 is 1.90 bits per heavy atom. The zero-order valence-corrected chi connectivity index (χ0v) is 13.8. The van der Waals surface area contributed by atoms with Crippen LogP contribution in [0.25, 0.3) is 0 Å². The number of hydrogen-bond acceptors (Lipinski definition) is 3. The summed E-state index contributed by atoms with van der Waals surface area (Å²) in [5.74, 6) is 0.239. The summed E-state index contributed by atoms with van der Waals surface area (Å²) in [6.45, 7) is 15.4. The standard InChI is InChI=1S/C15H26N3O2/c1-12(2)9-10(13(3,4)16-12)11-17(19)14(5,6)15(7,8)18(11)20/h9,16H,1-8H3. The van der Waals surface area contributed by atoms with Crippen molar-refractivity contribution in [2.75, 3.05) is 0 Å². The largest absolute Gasteiger partial charge is 0.714 e. The van der Waals surface area contributed by atoms with Gasteiger partial charge in [0, 0.05) is 16.3 Å². The zero-order valence-electron chi connectivity index (χ0n) is 13.8. The highest BCUT2D eigenvalue weighted by molar-refractivity contribution is 5.98. The van der Waals surface area contributed by atoms with E-state index in [0.717, 1.165) is 15.4 Å². The smallest absolute Gasteiger partial charge is 0.314 e. The number of rotatable bonds is 1. The van der Waals surface area contributed by atoms with Gasteiger partial charge in [0.2, 0.25) is 0 Å². The van der Waals surface area contributed by atoms with Crippen LogP contribution in [-0.4, -0.2) is 37.8 Å². The maximum atomic E-state index is 12.7. The first kappa shape index (κ1) is 15.3. The minimum Gasteiger partial charge on any atom is -0.714 e. The number of nitrogens with zero attached hydrogens (tertiary/aromatic N) is 2. The first-order valence-electron chi connectivity index (χ1n) is 7.09. The highest BCUT2D eigenvalue weighted by Crippen LogP contribution is 2.41. The number of nitrogens with one attached hydrogen (secondary N) is 1. The molecule has 113 valence electrons. The van der Waals surface area contributed by atoms with E-state index in [1.807, 2.05) is 61.5 Å². The summed E-state index contributed by atoms with van der Waals surface area (Å²) in [6, 6.07) is 0. The zero-order chi connectivity index (χ0) is 15.7. The fraction of sp³-hybridized carbons (Fsp3) is 0.800. The van der Waals surface area contributed by atoms with Crippen LogP contribution >= 0.6 is 0 Å². The van der Waals surface area contributed by atoms with Crippen LogP contribution in [0.15, 0.2) is 11.6 Å². The van der Waals surface area contributed by atoms with E-state index in [-0.39, 0.29) is 11.4 Å². The topological polar surface area (TPSA) is 61.2 Å². The minimum atomic E-state index is -0.770. The van der Waals surface area contributed by atoms with E-state index in [1.54, 1.807) is 0 Å². The average Bonchev–Trinajstić information content (AvgIpc) is 2.51. The molecule has 0 aromatic heterocycles. The molecule has 0 fully saturated rings. The summed E-state index contributed by atoms with van der Waals surface area (Å²) in [5, 5.41) is 29.7. The molecule has 2 aliphatic heterocycles. The minimum absolute atomic E-state index is 0.232. The molecule has 2 heterocycles. The molecule has 0 amide bonds. The molecule has 1 radical (unpaired) electrons. The monoisotopic (exact) mass is 280 g/mol. The van der Waals surface area contributed by atoms with E-state index in [4.69, 9.17) is 0 Å². The summed E-state index contributed by atoms with van der Waals surface area (Å²) >= 11 is 0. The molecule has 0 spiro atoms. The van der Waals surface area contributed by atoms with E-state index < -0.39 is 16.6 Å². The van der Waals surface area contributed by atoms with Crippen molar-refractivity contribution in [2.45, 2.75) is 77.5 Å². The van der Waals surface area contributed by atoms with E-state index in [2.05, 4.69) is 5.32 Å². The Morgan fingerprint density at radius 1 is 1.10 bits per heavy atom. The molecular formula is C15H26N3O2. The van der Waals surface area contributed by atoms with Crippen LogP contribution in [0.4, 0.5) is 0 Å². The Balaban J connectivity index is 2.62. The van der Waals surface area contributed by atoms with Crippen molar-refractivity contribution >= 4 is 5.84 Å². The van der Waals surface area contributed by atoms with Gasteiger partial charge in [0.25, 0.3) is 0 Å². The Labute approximate surface area is 121 Å². The first-order valence-corrected chi connectivity index (χ1v) is 7.09. The summed E-state index contributed by atoms with van der Waals surface area (Å²) in [4.78, 5) is 0. The van der Waals surface area contributed by atoms with Gasteiger partial charge in [-0.3, -0.25) is 10.1 Å². The second-order valence-corrected chi connectivity index (χ2v) is 8.06. The lowest BCUT2D eigenvalue weighted by Gasteiger charge is -2.32. The SMILES string of the molecule is CC1(C)C=C(C2=[N+]([O-])C(C)(C)C(C)(C)N2[O])C(C)(C)N1. The predicted octanol–water partition coefficient (Wildman–Crippen LogP) is 2.20. The van der Waals surface area contributed by atoms with Gasteiger partial charge in [-0.05, 0) is 55.4 Å². The highest BCUT2D eigenvalue weighted by atomic mass is 16.5. The van der Waals surface area contributed by atoms with Crippen molar-refractivity contribution in [3.8, 4) is 0 Å². The van der Waals surface area contributed by atoms with Crippen molar-refractivity contribution < 1.29 is 9.95 Å². The molecule has 20 heavy (non-hydrogen) atoms. The third-order valence-corrected chi connectivity index (χ3v) is 4.95. The third-order valence-electron chi connectivity index (χ3n) is 4.95. The summed E-state index contributed by atoms with van der Waals surface area (Å²) in [7, 11) is 0. The molecule has 1 N–H and O–H groups in total. The van der Waals surface area contributed by atoms with Gasteiger partial charge in [-0.1, -0.05) is 11.1 Å². The van der Waals surface area contributed by atoms with Crippen molar-refractivity contribution in [1.82, 2.24) is 10.4 Å². The van der Waals surface area contributed by atoms with E-state index in [9.17, 15) is 10.4 Å². The molecule has 5 nitrogen and oxygen atoms in total. The van der Waals surface area contributed by atoms with Crippen LogP contribution in [-0.2, 0) is 5.21 Å². The summed E-state index contributed by atoms with van der Waals surface area (Å²) in [5.41, 5.74) is -1.39. The molecule has 0 bridgehead atoms. The van der Waals surface area contributed by atoms with Gasteiger partial charge in [0.15, 0.2) is 5.54 Å². The quantitative estimate of drug-likeness (QED) is 0.591. The Morgan fingerprint density at radius 2 is 1.60 bits per heavy atom. The fourth-order valence-electron chi connectivity index (χ4n) is 3.12. The molecular weight excluding hydrogens is 254 g/mol. The highest BCUT2D eigenvalue weighted by Gasteiger charge is 2.62. The number of hydrogen-bond donors (Lipinski definition) is 1. The van der Waals surface area contributed by atoms with Gasteiger partial charge in [0.1, 0.15) is 5.54 Å². The van der Waals surface area contributed by atoms with E-state index >= 15 is 0 Å². The van der Waals surface area contributed by atoms with Crippen molar-refractivity contribution in [1.29, 1.82) is 0 Å². The molecule has 0 unspecified atom stereocenters. The first-order chi connectivity index (χ1) is 8.74. The summed E-state index contributed by atoms with van der Waals surface area (Å²) < 4.78 is 0.886. The van der Waals surface area contributed by atoms with Gasteiger partial charge in [-0.15, -0.1) is 0 Å². The van der Waals surface area contributed by atoms with Crippen LogP contribution in [0.5, 0.6) is 0 Å². The lowest BCUT2D eigenvalue weighted by Crippen LogP contribution is -2.53. The lowest BCUT2D eigenvalue weighted by molar-refractivity contribution is -0.539. The molecule has 2 aliphatic rings. The van der Waals surface area contributed by atoms with Gasteiger partial charge >= 0.3 is 5.84 Å². The molecule has 0 saturated heterocycles. The van der Waals surface area contributed by atoms with Crippen molar-refractivity contribution in [3.05, 3.63) is 16.9 Å². The fourth-order valence-corrected chi connectivity index (χ4v) is 3.12. The van der Waals surface area contributed by atoms with Gasteiger partial charge in [0.05, 0.1) is 5.57 Å².